The van der Waals surface area contributed by atoms with Crippen LogP contribution in [-0.2, 0) is 28.7 Å². The molecule has 0 aromatic carbocycles. The maximum absolute atomic E-state index is 14.6. The average Bonchev–Trinajstić information content (AvgIpc) is 3.26. The number of esters is 2. The van der Waals surface area contributed by atoms with Crippen LogP contribution >= 0.6 is 0 Å². The zero-order chi connectivity index (χ0) is 27.1. The molecular formula is C31H40O6. The third kappa shape index (κ3) is 3.43. The van der Waals surface area contributed by atoms with Crippen LogP contribution in [0.4, 0.5) is 0 Å². The topological polar surface area (TPSA) is 86.7 Å². The van der Waals surface area contributed by atoms with Crippen molar-refractivity contribution in [3.05, 3.63) is 34.9 Å². The van der Waals surface area contributed by atoms with Gasteiger partial charge in [-0.05, 0) is 80.3 Å². The lowest BCUT2D eigenvalue weighted by Gasteiger charge is -2.66. The molecule has 0 aromatic heterocycles. The molecule has 9 atom stereocenters. The number of hydrogen-bond donors (Lipinski definition) is 0. The Labute approximate surface area is 219 Å². The Morgan fingerprint density at radius 2 is 1.84 bits per heavy atom. The predicted octanol–water partition coefficient (Wildman–Crippen LogP) is 5.31. The van der Waals surface area contributed by atoms with Crippen molar-refractivity contribution in [3.8, 4) is 0 Å². The fraction of sp³-hybridized carbons (Fsp3) is 0.677. The lowest BCUT2D eigenvalue weighted by Crippen LogP contribution is -2.69. The van der Waals surface area contributed by atoms with Gasteiger partial charge in [0, 0.05) is 29.7 Å². The largest absolute Gasteiger partial charge is 0.454 e. The van der Waals surface area contributed by atoms with Gasteiger partial charge in [-0.2, -0.15) is 0 Å². The van der Waals surface area contributed by atoms with E-state index in [4.69, 9.17) is 9.47 Å². The van der Waals surface area contributed by atoms with E-state index in [1.54, 1.807) is 6.08 Å². The monoisotopic (exact) mass is 508 g/mol. The summed E-state index contributed by atoms with van der Waals surface area (Å²) in [6, 6.07) is 0. The molecular weight excluding hydrogens is 468 g/mol. The summed E-state index contributed by atoms with van der Waals surface area (Å²) in [6.07, 6.45) is 8.24. The van der Waals surface area contributed by atoms with Crippen molar-refractivity contribution in [2.45, 2.75) is 92.8 Å². The van der Waals surface area contributed by atoms with Crippen molar-refractivity contribution < 1.29 is 28.7 Å². The highest BCUT2D eigenvalue weighted by Gasteiger charge is 2.74. The van der Waals surface area contributed by atoms with Crippen molar-refractivity contribution in [2.24, 2.45) is 39.9 Å². The first-order valence-corrected chi connectivity index (χ1v) is 13.8. The summed E-state index contributed by atoms with van der Waals surface area (Å²) in [7, 11) is 0. The van der Waals surface area contributed by atoms with Crippen LogP contribution in [0.3, 0.4) is 0 Å². The average molecular weight is 509 g/mol. The Hall–Kier alpha value is -2.50. The molecule has 1 heterocycles. The molecule has 0 radical (unpaired) electrons. The van der Waals surface area contributed by atoms with Gasteiger partial charge in [0.15, 0.2) is 17.7 Å². The molecule has 5 rings (SSSR count). The Bertz CT molecular complexity index is 1170. The summed E-state index contributed by atoms with van der Waals surface area (Å²) in [4.78, 5) is 52.4. The normalized spacial score (nSPS) is 44.0. The number of Topliss-reactive ketones (excluding diaryl/α,β-unsaturated/α-hetero) is 1. The minimum absolute atomic E-state index is 0.0124. The molecule has 0 bridgehead atoms. The summed E-state index contributed by atoms with van der Waals surface area (Å²) in [5.41, 5.74) is 1.37. The summed E-state index contributed by atoms with van der Waals surface area (Å²) < 4.78 is 11.7. The van der Waals surface area contributed by atoms with Gasteiger partial charge in [0.1, 0.15) is 6.10 Å². The molecule has 0 amide bonds. The maximum Gasteiger partial charge on any atom is 0.334 e. The van der Waals surface area contributed by atoms with E-state index in [1.165, 1.54) is 12.5 Å². The molecule has 0 aromatic rings. The minimum Gasteiger partial charge on any atom is -0.454 e. The summed E-state index contributed by atoms with van der Waals surface area (Å²) in [6.45, 7) is 13.7. The lowest BCUT2D eigenvalue weighted by molar-refractivity contribution is -0.207. The summed E-state index contributed by atoms with van der Waals surface area (Å²) in [5, 5.41) is 0. The minimum atomic E-state index is -0.975. The predicted molar refractivity (Wildman–Crippen MR) is 138 cm³/mol. The molecule has 5 aliphatic rings. The number of rotatable bonds is 4. The van der Waals surface area contributed by atoms with Crippen LogP contribution in [0.5, 0.6) is 0 Å². The van der Waals surface area contributed by atoms with Crippen LogP contribution in [0.1, 0.15) is 80.6 Å². The van der Waals surface area contributed by atoms with Gasteiger partial charge in [0.2, 0.25) is 0 Å². The van der Waals surface area contributed by atoms with E-state index in [2.05, 4.69) is 40.7 Å². The third-order valence-electron chi connectivity index (χ3n) is 11.0. The number of allylic oxidation sites excluding steroid dienone is 4. The van der Waals surface area contributed by atoms with Crippen LogP contribution < -0.4 is 0 Å². The van der Waals surface area contributed by atoms with Crippen molar-refractivity contribution >= 4 is 23.5 Å². The molecule has 37 heavy (non-hydrogen) atoms. The van der Waals surface area contributed by atoms with E-state index in [1.807, 2.05) is 13.0 Å². The Morgan fingerprint density at radius 3 is 2.49 bits per heavy atom. The van der Waals surface area contributed by atoms with Crippen LogP contribution in [0.25, 0.3) is 0 Å². The fourth-order valence-electron chi connectivity index (χ4n) is 9.18. The van der Waals surface area contributed by atoms with Gasteiger partial charge < -0.3 is 9.47 Å². The van der Waals surface area contributed by atoms with E-state index in [9.17, 15) is 19.2 Å². The van der Waals surface area contributed by atoms with Gasteiger partial charge in [0.05, 0.1) is 0 Å². The van der Waals surface area contributed by atoms with Crippen LogP contribution in [-0.4, -0.2) is 35.7 Å². The Balaban J connectivity index is 1.62. The fourth-order valence-corrected chi connectivity index (χ4v) is 9.18. The zero-order valence-electron chi connectivity index (χ0n) is 23.2. The van der Waals surface area contributed by atoms with Crippen molar-refractivity contribution in [1.82, 2.24) is 0 Å². The lowest BCUT2D eigenvalue weighted by atomic mass is 9.37. The van der Waals surface area contributed by atoms with E-state index in [-0.39, 0.29) is 35.5 Å². The molecule has 4 aliphatic carbocycles. The van der Waals surface area contributed by atoms with Crippen LogP contribution in [0, 0.1) is 39.9 Å². The number of ketones is 2. The second kappa shape index (κ2) is 8.51. The highest BCUT2D eigenvalue weighted by molar-refractivity contribution is 5.98. The molecule has 0 spiro atoms. The van der Waals surface area contributed by atoms with E-state index < -0.39 is 40.2 Å². The second-order valence-electron chi connectivity index (χ2n) is 13.0. The smallest absolute Gasteiger partial charge is 0.334 e. The number of hydrogen-bond acceptors (Lipinski definition) is 6. The molecule has 1 aliphatic heterocycles. The first-order chi connectivity index (χ1) is 17.3. The Kier molecular flexibility index (Phi) is 6.00. The number of ether oxygens (including phenoxy) is 2. The highest BCUT2D eigenvalue weighted by Crippen LogP contribution is 2.73. The zero-order valence-corrected chi connectivity index (χ0v) is 23.2. The molecule has 6 heteroatoms. The molecule has 0 saturated heterocycles. The number of carbonyl (C=O) groups excluding carboxylic acids is 4. The van der Waals surface area contributed by atoms with Crippen molar-refractivity contribution in [2.75, 3.05) is 0 Å². The quantitative estimate of drug-likeness (QED) is 0.378. The van der Waals surface area contributed by atoms with Crippen LogP contribution in [0.2, 0.25) is 0 Å². The molecule has 3 saturated carbocycles. The third-order valence-corrected chi connectivity index (χ3v) is 11.0. The van der Waals surface area contributed by atoms with Crippen LogP contribution in [0.15, 0.2) is 34.9 Å². The highest BCUT2D eigenvalue weighted by atomic mass is 16.6. The van der Waals surface area contributed by atoms with E-state index in [0.29, 0.717) is 12.8 Å². The van der Waals surface area contributed by atoms with E-state index in [0.717, 1.165) is 30.4 Å². The second-order valence-corrected chi connectivity index (χ2v) is 13.0. The maximum atomic E-state index is 14.6. The standard InChI is InChI=1S/C31H40O6/c1-16(2)9-8-10-19-24-20-11-12-23-29(5)14-13-21(33)17(3)25(29)26(36-18(4)32)27(34)31(23,7)30(20,6)15-22(24)37-28(19)35/h9,13-14,17,20,22-23,25-26H,8,10-12,15H2,1-7H3/t17-,20+,22+,23+,25-,26+,29-,30+,31-/m1/s1. The summed E-state index contributed by atoms with van der Waals surface area (Å²) >= 11 is 0. The molecule has 200 valence electrons. The first kappa shape index (κ1) is 26.1. The SMILES string of the molecule is CC(=O)O[C@@H]1C(=O)[C@@]2(C)[C@@H](CC[C@H]3C4=C(CCC=C(C)C)C(=O)O[C@H]4C[C@@]32C)[C@@]2(C)C=CC(=O)[C@@H](C)[C@H]12. The Morgan fingerprint density at radius 1 is 1.14 bits per heavy atom. The molecule has 6 nitrogen and oxygen atoms in total. The van der Waals surface area contributed by atoms with Crippen molar-refractivity contribution in [3.63, 3.8) is 0 Å². The van der Waals surface area contributed by atoms with Crippen molar-refractivity contribution in [1.29, 1.82) is 0 Å². The van der Waals surface area contributed by atoms with Gasteiger partial charge in [0.25, 0.3) is 0 Å². The summed E-state index contributed by atoms with van der Waals surface area (Å²) in [5.74, 6) is -1.57. The first-order valence-electron chi connectivity index (χ1n) is 13.8. The van der Waals surface area contributed by atoms with Gasteiger partial charge >= 0.3 is 11.9 Å². The van der Waals surface area contributed by atoms with Gasteiger partial charge in [-0.3, -0.25) is 14.4 Å². The molecule has 0 N–H and O–H groups in total. The molecule has 0 unspecified atom stereocenters. The van der Waals surface area contributed by atoms with E-state index >= 15 is 0 Å². The van der Waals surface area contributed by atoms with Gasteiger partial charge in [-0.25, -0.2) is 4.79 Å². The number of fused-ring (bicyclic) bond motifs is 7. The molecule has 3 fully saturated rings. The van der Waals surface area contributed by atoms with Gasteiger partial charge in [-0.1, -0.05) is 45.4 Å². The number of carbonyl (C=O) groups is 4. The van der Waals surface area contributed by atoms with Gasteiger partial charge in [-0.15, -0.1) is 0 Å².